The third-order valence-corrected chi connectivity index (χ3v) is 2.87. The van der Waals surface area contributed by atoms with Crippen molar-refractivity contribution in [2.45, 2.75) is 0 Å². The molecular formula is C13H16ClN5. The van der Waals surface area contributed by atoms with Crippen LogP contribution < -0.4 is 15.5 Å². The van der Waals surface area contributed by atoms with Crippen LogP contribution in [0.3, 0.4) is 0 Å². The van der Waals surface area contributed by atoms with Crippen LogP contribution in [-0.2, 0) is 0 Å². The minimum Gasteiger partial charge on any atom is -0.378 e. The number of nitrogens with zero attached hydrogens (tertiary/aromatic N) is 3. The highest BCUT2D eigenvalue weighted by Gasteiger charge is 2.05. The van der Waals surface area contributed by atoms with Crippen LogP contribution in [-0.4, -0.2) is 31.1 Å². The minimum absolute atomic E-state index is 0.481. The molecule has 1 heterocycles. The van der Waals surface area contributed by atoms with Crippen molar-refractivity contribution in [2.75, 3.05) is 36.7 Å². The average Bonchev–Trinajstić information content (AvgIpc) is 2.41. The number of halogens is 1. The monoisotopic (exact) mass is 277 g/mol. The summed E-state index contributed by atoms with van der Waals surface area (Å²) in [4.78, 5) is 10.4. The van der Waals surface area contributed by atoms with E-state index in [1.165, 1.54) is 0 Å². The Bertz CT molecular complexity index is 571. The van der Waals surface area contributed by atoms with Crippen molar-refractivity contribution in [1.82, 2.24) is 9.97 Å². The van der Waals surface area contributed by atoms with Gasteiger partial charge < -0.3 is 15.5 Å². The van der Waals surface area contributed by atoms with Gasteiger partial charge in [0.15, 0.2) is 5.82 Å². The first kappa shape index (κ1) is 13.4. The average molecular weight is 278 g/mol. The van der Waals surface area contributed by atoms with Gasteiger partial charge in [0, 0.05) is 32.5 Å². The maximum Gasteiger partial charge on any atom is 0.224 e. The Kier molecular flexibility index (Phi) is 4.06. The molecule has 0 aliphatic carbocycles. The number of anilines is 4. The standard InChI is InChI=1S/C13H16ClN5/c1-15-13-16-8-11(14)12(18-13)17-9-5-4-6-10(7-9)19(2)3/h4-8H,1-3H3,(H2,15,16,17,18). The van der Waals surface area contributed by atoms with E-state index in [-0.39, 0.29) is 0 Å². The molecule has 1 aromatic carbocycles. The largest absolute Gasteiger partial charge is 0.378 e. The fourth-order valence-corrected chi connectivity index (χ4v) is 1.71. The molecule has 0 saturated heterocycles. The van der Waals surface area contributed by atoms with Crippen molar-refractivity contribution in [3.05, 3.63) is 35.5 Å². The van der Waals surface area contributed by atoms with E-state index in [0.717, 1.165) is 11.4 Å². The van der Waals surface area contributed by atoms with Crippen LogP contribution in [0.5, 0.6) is 0 Å². The van der Waals surface area contributed by atoms with Crippen molar-refractivity contribution >= 4 is 34.7 Å². The zero-order valence-corrected chi connectivity index (χ0v) is 11.9. The molecule has 0 spiro atoms. The zero-order valence-electron chi connectivity index (χ0n) is 11.1. The van der Waals surface area contributed by atoms with E-state index >= 15 is 0 Å². The van der Waals surface area contributed by atoms with Gasteiger partial charge in [-0.2, -0.15) is 4.98 Å². The Morgan fingerprint density at radius 3 is 2.74 bits per heavy atom. The molecule has 0 atom stereocenters. The van der Waals surface area contributed by atoms with E-state index in [1.807, 2.05) is 43.3 Å². The normalized spacial score (nSPS) is 10.1. The molecule has 5 nitrogen and oxygen atoms in total. The highest BCUT2D eigenvalue weighted by Crippen LogP contribution is 2.25. The summed E-state index contributed by atoms with van der Waals surface area (Å²) in [5, 5.41) is 6.55. The molecule has 0 aliphatic rings. The summed E-state index contributed by atoms with van der Waals surface area (Å²) in [6.07, 6.45) is 1.57. The molecule has 2 rings (SSSR count). The second-order valence-corrected chi connectivity index (χ2v) is 4.62. The maximum absolute atomic E-state index is 6.08. The predicted octanol–water partition coefficient (Wildman–Crippen LogP) is 2.98. The lowest BCUT2D eigenvalue weighted by molar-refractivity contribution is 1.13. The van der Waals surface area contributed by atoms with Gasteiger partial charge in [0.2, 0.25) is 5.95 Å². The van der Waals surface area contributed by atoms with Crippen LogP contribution in [0, 0.1) is 0 Å². The van der Waals surface area contributed by atoms with Crippen LogP contribution in [0.2, 0.25) is 5.02 Å². The van der Waals surface area contributed by atoms with Gasteiger partial charge in [-0.15, -0.1) is 0 Å². The Hall–Kier alpha value is -2.01. The van der Waals surface area contributed by atoms with Gasteiger partial charge in [-0.3, -0.25) is 0 Å². The molecule has 1 aromatic heterocycles. The van der Waals surface area contributed by atoms with Crippen molar-refractivity contribution in [2.24, 2.45) is 0 Å². The van der Waals surface area contributed by atoms with Crippen molar-refractivity contribution in [3.8, 4) is 0 Å². The Morgan fingerprint density at radius 2 is 2.05 bits per heavy atom. The molecule has 0 unspecified atom stereocenters. The van der Waals surface area contributed by atoms with E-state index in [9.17, 15) is 0 Å². The maximum atomic E-state index is 6.08. The molecule has 0 amide bonds. The first-order valence-corrected chi connectivity index (χ1v) is 6.22. The smallest absolute Gasteiger partial charge is 0.224 e. The molecule has 19 heavy (non-hydrogen) atoms. The van der Waals surface area contributed by atoms with Crippen molar-refractivity contribution in [3.63, 3.8) is 0 Å². The lowest BCUT2D eigenvalue weighted by atomic mass is 10.2. The van der Waals surface area contributed by atoms with Crippen LogP contribution in [0.25, 0.3) is 0 Å². The summed E-state index contributed by atoms with van der Waals surface area (Å²) >= 11 is 6.08. The van der Waals surface area contributed by atoms with E-state index in [0.29, 0.717) is 16.8 Å². The highest BCUT2D eigenvalue weighted by atomic mass is 35.5. The van der Waals surface area contributed by atoms with Crippen LogP contribution in [0.15, 0.2) is 30.5 Å². The quantitative estimate of drug-likeness (QED) is 0.900. The van der Waals surface area contributed by atoms with Gasteiger partial charge in [-0.05, 0) is 18.2 Å². The number of rotatable bonds is 4. The Labute approximate surface area is 117 Å². The van der Waals surface area contributed by atoms with Crippen LogP contribution >= 0.6 is 11.6 Å². The molecular weight excluding hydrogens is 262 g/mol. The number of benzene rings is 1. The van der Waals surface area contributed by atoms with Gasteiger partial charge in [0.05, 0.1) is 6.20 Å². The number of nitrogens with one attached hydrogen (secondary N) is 2. The van der Waals surface area contributed by atoms with Gasteiger partial charge >= 0.3 is 0 Å². The van der Waals surface area contributed by atoms with Crippen LogP contribution in [0.1, 0.15) is 0 Å². The molecule has 2 N–H and O–H groups in total. The molecule has 0 fully saturated rings. The van der Waals surface area contributed by atoms with Gasteiger partial charge in [0.1, 0.15) is 5.02 Å². The van der Waals surface area contributed by atoms with Gasteiger partial charge in [-0.25, -0.2) is 4.98 Å². The summed E-state index contributed by atoms with van der Waals surface area (Å²) in [5.41, 5.74) is 2.03. The van der Waals surface area contributed by atoms with Gasteiger partial charge in [-0.1, -0.05) is 17.7 Å². The first-order valence-electron chi connectivity index (χ1n) is 5.85. The van der Waals surface area contributed by atoms with E-state index in [1.54, 1.807) is 13.2 Å². The molecule has 0 bridgehead atoms. The number of hydrogen-bond donors (Lipinski definition) is 2. The lowest BCUT2D eigenvalue weighted by Crippen LogP contribution is -2.08. The van der Waals surface area contributed by atoms with E-state index in [2.05, 4.69) is 20.6 Å². The third kappa shape index (κ3) is 3.26. The molecule has 0 radical (unpaired) electrons. The van der Waals surface area contributed by atoms with Crippen LogP contribution in [0.4, 0.5) is 23.1 Å². The lowest BCUT2D eigenvalue weighted by Gasteiger charge is -2.14. The second kappa shape index (κ2) is 5.75. The van der Waals surface area contributed by atoms with E-state index in [4.69, 9.17) is 11.6 Å². The van der Waals surface area contributed by atoms with Crippen molar-refractivity contribution in [1.29, 1.82) is 0 Å². The number of hydrogen-bond acceptors (Lipinski definition) is 5. The number of aromatic nitrogens is 2. The fraction of sp³-hybridized carbons (Fsp3) is 0.231. The summed E-state index contributed by atoms with van der Waals surface area (Å²) < 4.78 is 0. The SMILES string of the molecule is CNc1ncc(Cl)c(Nc2cccc(N(C)C)c2)n1. The second-order valence-electron chi connectivity index (χ2n) is 4.21. The Morgan fingerprint density at radius 1 is 1.26 bits per heavy atom. The predicted molar refractivity (Wildman–Crippen MR) is 80.6 cm³/mol. The Balaban J connectivity index is 2.28. The third-order valence-electron chi connectivity index (χ3n) is 2.59. The van der Waals surface area contributed by atoms with E-state index < -0.39 is 0 Å². The fourth-order valence-electron chi connectivity index (χ4n) is 1.57. The minimum atomic E-state index is 0.481. The molecule has 2 aromatic rings. The first-order chi connectivity index (χ1) is 9.10. The molecule has 0 aliphatic heterocycles. The van der Waals surface area contributed by atoms with Crippen molar-refractivity contribution < 1.29 is 0 Å². The summed E-state index contributed by atoms with van der Waals surface area (Å²) in [7, 11) is 5.76. The molecule has 0 saturated carbocycles. The summed E-state index contributed by atoms with van der Waals surface area (Å²) in [6, 6.07) is 8.00. The molecule has 6 heteroatoms. The summed E-state index contributed by atoms with van der Waals surface area (Å²) in [5.74, 6) is 1.10. The topological polar surface area (TPSA) is 53.1 Å². The zero-order chi connectivity index (χ0) is 13.8. The molecule has 100 valence electrons. The summed E-state index contributed by atoms with van der Waals surface area (Å²) in [6.45, 7) is 0. The van der Waals surface area contributed by atoms with Gasteiger partial charge in [0.25, 0.3) is 0 Å². The highest BCUT2D eigenvalue weighted by molar-refractivity contribution is 6.32.